The maximum Gasteiger partial charge on any atom is 0.225 e. The van der Waals surface area contributed by atoms with E-state index < -0.39 is 0 Å². The summed E-state index contributed by atoms with van der Waals surface area (Å²) in [7, 11) is 0. The van der Waals surface area contributed by atoms with Gasteiger partial charge in [0.05, 0.1) is 0 Å². The Balaban J connectivity index is 1.56. The lowest BCUT2D eigenvalue weighted by Gasteiger charge is -2.36. The van der Waals surface area contributed by atoms with Crippen LogP contribution in [0.2, 0.25) is 0 Å². The molecule has 6 heteroatoms. The van der Waals surface area contributed by atoms with Crippen LogP contribution in [0.1, 0.15) is 50.2 Å². The van der Waals surface area contributed by atoms with E-state index in [0.717, 1.165) is 63.9 Å². The third kappa shape index (κ3) is 3.66. The molecule has 3 atom stereocenters. The first-order valence-corrected chi connectivity index (χ1v) is 8.45. The Morgan fingerprint density at radius 2 is 2.23 bits per heavy atom. The van der Waals surface area contributed by atoms with E-state index in [0.29, 0.717) is 17.7 Å². The van der Waals surface area contributed by atoms with Crippen molar-refractivity contribution in [2.75, 3.05) is 13.1 Å². The van der Waals surface area contributed by atoms with E-state index in [-0.39, 0.29) is 12.0 Å². The Morgan fingerprint density at radius 1 is 1.36 bits per heavy atom. The molecule has 1 saturated heterocycles. The number of carbonyl (C=O) groups is 1. The van der Waals surface area contributed by atoms with Gasteiger partial charge in [-0.3, -0.25) is 4.79 Å². The zero-order valence-electron chi connectivity index (χ0n) is 13.3. The fourth-order valence-corrected chi connectivity index (χ4v) is 3.82. The second kappa shape index (κ2) is 6.77. The minimum Gasteiger partial charge on any atom is -0.342 e. The minimum atomic E-state index is 0.134. The van der Waals surface area contributed by atoms with E-state index in [1.807, 2.05) is 4.90 Å². The van der Waals surface area contributed by atoms with Gasteiger partial charge >= 0.3 is 0 Å². The van der Waals surface area contributed by atoms with Gasteiger partial charge in [-0.05, 0) is 38.0 Å². The monoisotopic (exact) mass is 306 g/mol. The largest absolute Gasteiger partial charge is 0.342 e. The molecule has 2 aliphatic rings. The second-order valence-electron chi connectivity index (χ2n) is 6.85. The molecule has 1 aromatic rings. The number of carbonyl (C=O) groups excluding carboxylic acids is 1. The zero-order valence-corrected chi connectivity index (χ0v) is 13.3. The normalized spacial score (nSPS) is 29.5. The quantitative estimate of drug-likeness (QED) is 0.918. The predicted molar refractivity (Wildman–Crippen MR) is 82.0 cm³/mol. The van der Waals surface area contributed by atoms with E-state index in [2.05, 4.69) is 10.1 Å². The first kappa shape index (κ1) is 15.5. The third-order valence-corrected chi connectivity index (χ3v) is 4.94. The summed E-state index contributed by atoms with van der Waals surface area (Å²) in [4.78, 5) is 19.0. The van der Waals surface area contributed by atoms with Crippen molar-refractivity contribution in [3.63, 3.8) is 0 Å². The highest BCUT2D eigenvalue weighted by molar-refractivity contribution is 5.79. The van der Waals surface area contributed by atoms with Crippen LogP contribution >= 0.6 is 0 Å². The highest BCUT2D eigenvalue weighted by Gasteiger charge is 2.32. The summed E-state index contributed by atoms with van der Waals surface area (Å²) in [6, 6.07) is 0.200. The molecule has 1 amide bonds. The van der Waals surface area contributed by atoms with Crippen molar-refractivity contribution in [2.45, 2.75) is 57.9 Å². The van der Waals surface area contributed by atoms with Crippen LogP contribution in [0.15, 0.2) is 4.52 Å². The number of piperidine rings is 1. The number of amides is 1. The van der Waals surface area contributed by atoms with Crippen molar-refractivity contribution in [2.24, 2.45) is 17.6 Å². The van der Waals surface area contributed by atoms with Crippen LogP contribution in [-0.2, 0) is 11.2 Å². The molecule has 3 rings (SSSR count). The highest BCUT2D eigenvalue weighted by atomic mass is 16.5. The average molecular weight is 306 g/mol. The van der Waals surface area contributed by atoms with Gasteiger partial charge in [-0.2, -0.15) is 4.98 Å². The van der Waals surface area contributed by atoms with E-state index in [4.69, 9.17) is 10.3 Å². The van der Waals surface area contributed by atoms with E-state index in [9.17, 15) is 4.79 Å². The molecule has 2 fully saturated rings. The lowest BCUT2D eigenvalue weighted by atomic mass is 9.84. The molecular weight excluding hydrogens is 280 g/mol. The summed E-state index contributed by atoms with van der Waals surface area (Å²) in [5.74, 6) is 2.25. The van der Waals surface area contributed by atoms with E-state index in [1.54, 1.807) is 6.92 Å². The van der Waals surface area contributed by atoms with Crippen molar-refractivity contribution in [3.05, 3.63) is 11.7 Å². The van der Waals surface area contributed by atoms with Crippen LogP contribution in [0, 0.1) is 18.8 Å². The Labute approximate surface area is 131 Å². The number of aryl methyl sites for hydroxylation is 1. The number of nitrogens with zero attached hydrogens (tertiary/aromatic N) is 3. The fraction of sp³-hybridized carbons (Fsp3) is 0.812. The minimum absolute atomic E-state index is 0.134. The summed E-state index contributed by atoms with van der Waals surface area (Å²) >= 11 is 0. The number of hydrogen-bond acceptors (Lipinski definition) is 5. The molecule has 1 saturated carbocycles. The lowest BCUT2D eigenvalue weighted by Crippen LogP contribution is -2.45. The summed E-state index contributed by atoms with van der Waals surface area (Å²) in [6.45, 7) is 3.50. The molecule has 6 nitrogen and oxygen atoms in total. The Kier molecular flexibility index (Phi) is 4.76. The van der Waals surface area contributed by atoms with Gasteiger partial charge in [-0.1, -0.05) is 11.6 Å². The van der Waals surface area contributed by atoms with Gasteiger partial charge in [0, 0.05) is 38.4 Å². The summed E-state index contributed by atoms with van der Waals surface area (Å²) < 4.78 is 5.03. The van der Waals surface area contributed by atoms with Gasteiger partial charge in [0.1, 0.15) is 0 Å². The number of nitrogens with two attached hydrogens (primary N) is 1. The zero-order chi connectivity index (χ0) is 15.5. The Hall–Kier alpha value is -1.43. The molecule has 1 aliphatic heterocycles. The number of hydrogen-bond donors (Lipinski definition) is 1. The van der Waals surface area contributed by atoms with Gasteiger partial charge in [0.2, 0.25) is 11.8 Å². The van der Waals surface area contributed by atoms with Crippen LogP contribution in [0.4, 0.5) is 0 Å². The molecule has 1 aliphatic carbocycles. The van der Waals surface area contributed by atoms with Gasteiger partial charge in [-0.15, -0.1) is 0 Å². The number of rotatable bonds is 3. The van der Waals surface area contributed by atoms with Gasteiger partial charge in [0.25, 0.3) is 0 Å². The fourth-order valence-electron chi connectivity index (χ4n) is 3.82. The average Bonchev–Trinajstić information content (AvgIpc) is 2.92. The molecule has 122 valence electrons. The molecule has 2 heterocycles. The topological polar surface area (TPSA) is 85.2 Å². The Morgan fingerprint density at radius 3 is 2.95 bits per heavy atom. The van der Waals surface area contributed by atoms with Crippen molar-refractivity contribution in [1.29, 1.82) is 0 Å². The van der Waals surface area contributed by atoms with Crippen LogP contribution in [0.25, 0.3) is 0 Å². The molecule has 22 heavy (non-hydrogen) atoms. The molecule has 1 aromatic heterocycles. The van der Waals surface area contributed by atoms with E-state index >= 15 is 0 Å². The number of likely N-dealkylation sites (tertiary alicyclic amines) is 1. The van der Waals surface area contributed by atoms with Crippen molar-refractivity contribution < 1.29 is 9.32 Å². The summed E-state index contributed by atoms with van der Waals surface area (Å²) in [5, 5.41) is 3.97. The van der Waals surface area contributed by atoms with Crippen molar-refractivity contribution in [3.8, 4) is 0 Å². The van der Waals surface area contributed by atoms with Crippen LogP contribution < -0.4 is 5.73 Å². The summed E-state index contributed by atoms with van der Waals surface area (Å²) in [6.07, 6.45) is 6.97. The first-order chi connectivity index (χ1) is 10.6. The summed E-state index contributed by atoms with van der Waals surface area (Å²) in [5.41, 5.74) is 6.03. The van der Waals surface area contributed by atoms with Gasteiger partial charge in [0.15, 0.2) is 5.82 Å². The molecule has 0 radical (unpaired) electrons. The molecular formula is C16H26N4O2. The SMILES string of the molecule is Cc1nc(CC2CCCN(C(=O)C3CCCC(N)C3)C2)no1. The first-order valence-electron chi connectivity index (χ1n) is 8.45. The third-order valence-electron chi connectivity index (χ3n) is 4.94. The Bertz CT molecular complexity index is 516. The maximum absolute atomic E-state index is 12.7. The van der Waals surface area contributed by atoms with Crippen LogP contribution in [0.5, 0.6) is 0 Å². The van der Waals surface area contributed by atoms with E-state index in [1.165, 1.54) is 0 Å². The van der Waals surface area contributed by atoms with Crippen molar-refractivity contribution in [1.82, 2.24) is 15.0 Å². The smallest absolute Gasteiger partial charge is 0.225 e. The van der Waals surface area contributed by atoms with Crippen LogP contribution in [-0.4, -0.2) is 40.1 Å². The maximum atomic E-state index is 12.7. The standard InChI is InChI=1S/C16H26N4O2/c1-11-18-15(19-22-11)8-12-4-3-7-20(10-12)16(21)13-5-2-6-14(17)9-13/h12-14H,2-10,17H2,1H3. The highest BCUT2D eigenvalue weighted by Crippen LogP contribution is 2.28. The number of aromatic nitrogens is 2. The molecule has 2 N–H and O–H groups in total. The van der Waals surface area contributed by atoms with Crippen molar-refractivity contribution >= 4 is 5.91 Å². The second-order valence-corrected chi connectivity index (χ2v) is 6.85. The molecule has 3 unspecified atom stereocenters. The molecule has 0 spiro atoms. The molecule has 0 bridgehead atoms. The molecule has 0 aromatic carbocycles. The van der Waals surface area contributed by atoms with Crippen LogP contribution in [0.3, 0.4) is 0 Å². The van der Waals surface area contributed by atoms with Gasteiger partial charge in [-0.25, -0.2) is 0 Å². The van der Waals surface area contributed by atoms with Gasteiger partial charge < -0.3 is 15.2 Å². The lowest BCUT2D eigenvalue weighted by molar-refractivity contribution is -0.138. The predicted octanol–water partition coefficient (Wildman–Crippen LogP) is 1.68.